The van der Waals surface area contributed by atoms with Crippen LogP contribution in [0.4, 0.5) is 11.4 Å². The lowest BCUT2D eigenvalue weighted by atomic mass is 10.0. The SMILES string of the molecule is CCOC(=O)c1cc(N)ccc1NC1C2C3CCC(C3)C12. The van der Waals surface area contributed by atoms with E-state index in [0.29, 0.717) is 23.9 Å². The number of esters is 1. The number of rotatable bonds is 4. The van der Waals surface area contributed by atoms with Crippen molar-refractivity contribution in [1.29, 1.82) is 0 Å². The predicted octanol–water partition coefficient (Wildman–Crippen LogP) is 2.90. The molecular weight excluding hydrogens is 264 g/mol. The molecule has 0 amide bonds. The highest BCUT2D eigenvalue weighted by molar-refractivity contribution is 5.96. The van der Waals surface area contributed by atoms with E-state index in [9.17, 15) is 4.79 Å². The number of hydrogen-bond acceptors (Lipinski definition) is 4. The van der Waals surface area contributed by atoms with Gasteiger partial charge in [0.2, 0.25) is 0 Å². The van der Waals surface area contributed by atoms with E-state index < -0.39 is 0 Å². The molecule has 4 nitrogen and oxygen atoms in total. The number of benzene rings is 1. The molecule has 1 aromatic carbocycles. The van der Waals surface area contributed by atoms with Crippen LogP contribution in [0.5, 0.6) is 0 Å². The molecule has 4 unspecified atom stereocenters. The Hall–Kier alpha value is -1.71. The molecule has 21 heavy (non-hydrogen) atoms. The predicted molar refractivity (Wildman–Crippen MR) is 82.0 cm³/mol. The summed E-state index contributed by atoms with van der Waals surface area (Å²) in [5, 5.41) is 3.60. The molecule has 4 atom stereocenters. The summed E-state index contributed by atoms with van der Waals surface area (Å²) in [5.74, 6) is 3.20. The fourth-order valence-electron chi connectivity index (χ4n) is 4.76. The molecule has 3 fully saturated rings. The zero-order chi connectivity index (χ0) is 14.6. The molecule has 0 heterocycles. The first-order valence-electron chi connectivity index (χ1n) is 8.02. The molecular formula is C17H22N2O2. The van der Waals surface area contributed by atoms with Crippen LogP contribution in [0.1, 0.15) is 36.5 Å². The van der Waals surface area contributed by atoms with Crippen LogP contribution >= 0.6 is 0 Å². The van der Waals surface area contributed by atoms with E-state index in [1.807, 2.05) is 19.1 Å². The molecule has 0 aromatic heterocycles. The molecule has 0 aliphatic heterocycles. The maximum atomic E-state index is 12.1. The van der Waals surface area contributed by atoms with Crippen LogP contribution in [0.15, 0.2) is 18.2 Å². The Morgan fingerprint density at radius 2 is 2.05 bits per heavy atom. The van der Waals surface area contributed by atoms with Gasteiger partial charge in [0.15, 0.2) is 0 Å². The smallest absolute Gasteiger partial charge is 0.340 e. The van der Waals surface area contributed by atoms with E-state index in [0.717, 1.165) is 29.4 Å². The lowest BCUT2D eigenvalue weighted by molar-refractivity contribution is 0.0527. The highest BCUT2D eigenvalue weighted by atomic mass is 16.5. The number of anilines is 2. The number of nitrogens with two attached hydrogens (primary N) is 1. The van der Waals surface area contributed by atoms with Crippen LogP contribution in [0.25, 0.3) is 0 Å². The van der Waals surface area contributed by atoms with Gasteiger partial charge in [-0.1, -0.05) is 0 Å². The van der Waals surface area contributed by atoms with Crippen LogP contribution in [-0.4, -0.2) is 18.6 Å². The maximum absolute atomic E-state index is 12.1. The second kappa shape index (κ2) is 4.65. The van der Waals surface area contributed by atoms with Gasteiger partial charge < -0.3 is 15.8 Å². The van der Waals surface area contributed by atoms with Gasteiger partial charge in [0, 0.05) is 17.4 Å². The van der Waals surface area contributed by atoms with Gasteiger partial charge in [0.1, 0.15) is 0 Å². The number of nitrogens with one attached hydrogen (secondary N) is 1. The van der Waals surface area contributed by atoms with Gasteiger partial charge in [-0.25, -0.2) is 4.79 Å². The van der Waals surface area contributed by atoms with Crippen LogP contribution in [-0.2, 0) is 4.74 Å². The first-order valence-corrected chi connectivity index (χ1v) is 8.02. The summed E-state index contributed by atoms with van der Waals surface area (Å²) in [6.45, 7) is 2.20. The Kier molecular flexibility index (Phi) is 2.88. The van der Waals surface area contributed by atoms with Gasteiger partial charge in [0.05, 0.1) is 12.2 Å². The summed E-state index contributed by atoms with van der Waals surface area (Å²) >= 11 is 0. The number of carbonyl (C=O) groups excluding carboxylic acids is 1. The van der Waals surface area contributed by atoms with Gasteiger partial charge in [-0.05, 0) is 68.1 Å². The Labute approximate surface area is 125 Å². The van der Waals surface area contributed by atoms with Crippen molar-refractivity contribution in [1.82, 2.24) is 0 Å². The summed E-state index contributed by atoms with van der Waals surface area (Å²) < 4.78 is 5.14. The van der Waals surface area contributed by atoms with Crippen molar-refractivity contribution in [2.24, 2.45) is 23.7 Å². The largest absolute Gasteiger partial charge is 0.462 e. The van der Waals surface area contributed by atoms with Crippen molar-refractivity contribution in [3.63, 3.8) is 0 Å². The number of fused-ring (bicyclic) bond motifs is 5. The highest BCUT2D eigenvalue weighted by Crippen LogP contribution is 2.66. The van der Waals surface area contributed by atoms with Crippen molar-refractivity contribution in [2.75, 3.05) is 17.7 Å². The lowest BCUT2D eigenvalue weighted by Gasteiger charge is -2.15. The van der Waals surface area contributed by atoms with E-state index in [1.165, 1.54) is 19.3 Å². The number of nitrogen functional groups attached to an aromatic ring is 1. The molecule has 3 N–H and O–H groups in total. The third-order valence-electron chi connectivity index (χ3n) is 5.60. The molecule has 4 rings (SSSR count). The van der Waals surface area contributed by atoms with Gasteiger partial charge in [-0.2, -0.15) is 0 Å². The summed E-state index contributed by atoms with van der Waals surface area (Å²) in [5.41, 5.74) is 7.86. The normalized spacial score (nSPS) is 35.4. The summed E-state index contributed by atoms with van der Waals surface area (Å²) in [7, 11) is 0. The van der Waals surface area contributed by atoms with Crippen molar-refractivity contribution in [3.05, 3.63) is 23.8 Å². The Morgan fingerprint density at radius 3 is 2.71 bits per heavy atom. The van der Waals surface area contributed by atoms with Crippen LogP contribution in [0.3, 0.4) is 0 Å². The molecule has 1 aromatic rings. The second-order valence-corrected chi connectivity index (χ2v) is 6.68. The molecule has 3 aliphatic carbocycles. The molecule has 2 bridgehead atoms. The summed E-state index contributed by atoms with van der Waals surface area (Å²) in [6.07, 6.45) is 4.23. The summed E-state index contributed by atoms with van der Waals surface area (Å²) in [6, 6.07) is 6.02. The first-order chi connectivity index (χ1) is 10.2. The molecule has 4 heteroatoms. The van der Waals surface area contributed by atoms with E-state index in [-0.39, 0.29) is 5.97 Å². The Bertz CT molecular complexity index is 570. The van der Waals surface area contributed by atoms with Crippen molar-refractivity contribution >= 4 is 17.3 Å². The molecule has 112 valence electrons. The molecule has 3 saturated carbocycles. The van der Waals surface area contributed by atoms with Crippen LogP contribution in [0.2, 0.25) is 0 Å². The molecule has 3 aliphatic rings. The minimum Gasteiger partial charge on any atom is -0.462 e. The monoisotopic (exact) mass is 286 g/mol. The number of carbonyl (C=O) groups is 1. The lowest BCUT2D eigenvalue weighted by Crippen LogP contribution is -2.16. The minimum atomic E-state index is -0.291. The number of ether oxygens (including phenoxy) is 1. The third-order valence-corrected chi connectivity index (χ3v) is 5.60. The average Bonchev–Trinajstić information content (AvgIpc) is 2.85. The molecule has 0 radical (unpaired) electrons. The molecule has 0 saturated heterocycles. The average molecular weight is 286 g/mol. The number of hydrogen-bond donors (Lipinski definition) is 2. The zero-order valence-corrected chi connectivity index (χ0v) is 12.3. The zero-order valence-electron chi connectivity index (χ0n) is 12.3. The van der Waals surface area contributed by atoms with Crippen molar-refractivity contribution < 1.29 is 9.53 Å². The first kappa shape index (κ1) is 13.0. The quantitative estimate of drug-likeness (QED) is 0.660. The van der Waals surface area contributed by atoms with E-state index in [2.05, 4.69) is 5.32 Å². The summed E-state index contributed by atoms with van der Waals surface area (Å²) in [4.78, 5) is 12.1. The van der Waals surface area contributed by atoms with E-state index in [1.54, 1.807) is 6.07 Å². The third kappa shape index (κ3) is 2.00. The van der Waals surface area contributed by atoms with Gasteiger partial charge in [-0.15, -0.1) is 0 Å². The topological polar surface area (TPSA) is 64.3 Å². The van der Waals surface area contributed by atoms with E-state index >= 15 is 0 Å². The second-order valence-electron chi connectivity index (χ2n) is 6.68. The molecule has 0 spiro atoms. The Balaban J connectivity index is 1.54. The van der Waals surface area contributed by atoms with Gasteiger partial charge in [-0.3, -0.25) is 0 Å². The fraction of sp³-hybridized carbons (Fsp3) is 0.588. The van der Waals surface area contributed by atoms with Gasteiger partial charge >= 0.3 is 5.97 Å². The standard InChI is InChI=1S/C17H22N2O2/c1-2-21-17(20)12-8-11(18)5-6-13(12)19-16-14-9-3-4-10(7-9)15(14)16/h5-6,8-10,14-16,19H,2-4,7,18H2,1H3. The van der Waals surface area contributed by atoms with Crippen molar-refractivity contribution in [2.45, 2.75) is 32.2 Å². The maximum Gasteiger partial charge on any atom is 0.340 e. The van der Waals surface area contributed by atoms with Gasteiger partial charge in [0.25, 0.3) is 0 Å². The fourth-order valence-corrected chi connectivity index (χ4v) is 4.76. The Morgan fingerprint density at radius 1 is 1.33 bits per heavy atom. The van der Waals surface area contributed by atoms with Crippen LogP contribution in [0, 0.1) is 23.7 Å². The highest BCUT2D eigenvalue weighted by Gasteiger charge is 2.65. The van der Waals surface area contributed by atoms with Crippen molar-refractivity contribution in [3.8, 4) is 0 Å². The minimum absolute atomic E-state index is 0.291. The van der Waals surface area contributed by atoms with E-state index in [4.69, 9.17) is 10.5 Å². The van der Waals surface area contributed by atoms with Crippen LogP contribution < -0.4 is 11.1 Å².